The fourth-order valence-electron chi connectivity index (χ4n) is 4.07. The number of aryl methyl sites for hydroxylation is 2. The number of rotatable bonds is 4. The van der Waals surface area contributed by atoms with Crippen molar-refractivity contribution in [3.05, 3.63) is 54.9 Å². The Morgan fingerprint density at radius 3 is 2.36 bits per heavy atom. The third-order valence-electron chi connectivity index (χ3n) is 5.61. The number of alkyl halides is 3. The Hall–Kier alpha value is -3.06. The number of nitro benzene ring substituents is 1. The largest absolute Gasteiger partial charge is 0.417 e. The highest BCUT2D eigenvalue weighted by Gasteiger charge is 2.38. The van der Waals surface area contributed by atoms with Crippen LogP contribution in [0.3, 0.4) is 0 Å². The molecule has 0 spiro atoms. The minimum absolute atomic E-state index is 0.254. The van der Waals surface area contributed by atoms with Crippen LogP contribution in [-0.4, -0.2) is 37.9 Å². The van der Waals surface area contributed by atoms with E-state index in [1.807, 2.05) is 4.90 Å². The standard InChI is InChI=1S/C20H19BrF3N5O4/c1-19(31)8-28(9-19)16-5-10(4-15-17(16)27(3)18(30)26(15)2)25-13-6-11(20(22,23)24)12(21)7-14(13)29(32)33/h4-7,25,31H,8-9H2,1-3H3. The lowest BCUT2D eigenvalue weighted by molar-refractivity contribution is -0.384. The Bertz CT molecular complexity index is 1350. The Labute approximate surface area is 193 Å². The van der Waals surface area contributed by atoms with Gasteiger partial charge in [-0.05, 0) is 41.1 Å². The molecule has 1 aliphatic rings. The van der Waals surface area contributed by atoms with Crippen LogP contribution in [0.4, 0.5) is 35.9 Å². The SMILES string of the molecule is Cn1c(=O)n(C)c2c(N3CC(C)(O)C3)cc(Nc3cc(C(F)(F)F)c(Br)cc3[N+](=O)[O-])cc21. The third kappa shape index (κ3) is 3.95. The number of fused-ring (bicyclic) bond motifs is 1. The van der Waals surface area contributed by atoms with Crippen molar-refractivity contribution >= 4 is 49.7 Å². The summed E-state index contributed by atoms with van der Waals surface area (Å²) in [7, 11) is 3.14. The summed E-state index contributed by atoms with van der Waals surface area (Å²) < 4.78 is 42.6. The molecule has 0 bridgehead atoms. The van der Waals surface area contributed by atoms with E-state index < -0.39 is 32.4 Å². The monoisotopic (exact) mass is 529 g/mol. The summed E-state index contributed by atoms with van der Waals surface area (Å²) in [6, 6.07) is 4.60. The molecule has 13 heteroatoms. The number of β-amino-alcohol motifs (C(OH)–C–C–N with tert-alkyl or cyclic N) is 1. The van der Waals surface area contributed by atoms with E-state index in [1.165, 1.54) is 15.2 Å². The lowest BCUT2D eigenvalue weighted by Crippen LogP contribution is -2.60. The summed E-state index contributed by atoms with van der Waals surface area (Å²) in [6.45, 7) is 2.23. The van der Waals surface area contributed by atoms with Crippen molar-refractivity contribution in [2.75, 3.05) is 23.3 Å². The van der Waals surface area contributed by atoms with Crippen LogP contribution in [-0.2, 0) is 20.3 Å². The molecular weight excluding hydrogens is 511 g/mol. The second-order valence-electron chi connectivity index (χ2n) is 8.35. The average molecular weight is 530 g/mol. The molecule has 9 nitrogen and oxygen atoms in total. The molecule has 0 saturated carbocycles. The van der Waals surface area contributed by atoms with Gasteiger partial charge in [0.05, 0.1) is 32.8 Å². The lowest BCUT2D eigenvalue weighted by atomic mass is 9.95. The molecule has 3 aromatic rings. The smallest absolute Gasteiger partial charge is 0.386 e. The molecule has 0 atom stereocenters. The van der Waals surface area contributed by atoms with Crippen LogP contribution >= 0.6 is 15.9 Å². The number of hydrogen-bond donors (Lipinski definition) is 2. The van der Waals surface area contributed by atoms with Gasteiger partial charge in [0, 0.05) is 43.4 Å². The second-order valence-corrected chi connectivity index (χ2v) is 9.20. The van der Waals surface area contributed by atoms with Gasteiger partial charge in [0.15, 0.2) is 0 Å². The van der Waals surface area contributed by atoms with Crippen LogP contribution in [0.1, 0.15) is 12.5 Å². The molecule has 0 aliphatic carbocycles. The second kappa shape index (κ2) is 7.48. The van der Waals surface area contributed by atoms with Crippen LogP contribution in [0.2, 0.25) is 0 Å². The van der Waals surface area contributed by atoms with E-state index in [-0.39, 0.29) is 30.2 Å². The predicted molar refractivity (Wildman–Crippen MR) is 120 cm³/mol. The molecule has 1 saturated heterocycles. The summed E-state index contributed by atoms with van der Waals surface area (Å²) in [6.07, 6.45) is -4.73. The molecule has 0 radical (unpaired) electrons. The van der Waals surface area contributed by atoms with Gasteiger partial charge in [0.25, 0.3) is 5.69 Å². The first-order chi connectivity index (χ1) is 15.2. The van der Waals surface area contributed by atoms with Crippen LogP contribution in [0.15, 0.2) is 33.5 Å². The van der Waals surface area contributed by atoms with Gasteiger partial charge >= 0.3 is 11.9 Å². The van der Waals surface area contributed by atoms with Gasteiger partial charge in [0.1, 0.15) is 5.69 Å². The zero-order valence-corrected chi connectivity index (χ0v) is 19.3. The maximum atomic E-state index is 13.4. The maximum absolute atomic E-state index is 13.4. The first-order valence-electron chi connectivity index (χ1n) is 9.68. The average Bonchev–Trinajstić information content (AvgIpc) is 2.90. The van der Waals surface area contributed by atoms with Crippen LogP contribution in [0.5, 0.6) is 0 Å². The summed E-state index contributed by atoms with van der Waals surface area (Å²) in [4.78, 5) is 25.1. The molecule has 1 aliphatic heterocycles. The number of imidazole rings is 1. The maximum Gasteiger partial charge on any atom is 0.417 e. The summed E-state index contributed by atoms with van der Waals surface area (Å²) in [5.74, 6) is 0. The first kappa shape index (κ1) is 23.1. The molecule has 1 fully saturated rings. The van der Waals surface area contributed by atoms with E-state index in [9.17, 15) is 33.2 Å². The van der Waals surface area contributed by atoms with Crippen molar-refractivity contribution in [3.8, 4) is 0 Å². The Morgan fingerprint density at radius 1 is 1.18 bits per heavy atom. The number of halogens is 4. The van der Waals surface area contributed by atoms with Crippen molar-refractivity contribution in [2.24, 2.45) is 14.1 Å². The van der Waals surface area contributed by atoms with Crippen LogP contribution in [0.25, 0.3) is 11.0 Å². The van der Waals surface area contributed by atoms with Crippen molar-refractivity contribution < 1.29 is 23.2 Å². The number of hydrogen-bond acceptors (Lipinski definition) is 6. The van der Waals surface area contributed by atoms with Gasteiger partial charge in [-0.2, -0.15) is 13.2 Å². The topological polar surface area (TPSA) is 106 Å². The molecule has 2 aromatic carbocycles. The van der Waals surface area contributed by atoms with Crippen molar-refractivity contribution in [1.82, 2.24) is 9.13 Å². The molecule has 33 heavy (non-hydrogen) atoms. The van der Waals surface area contributed by atoms with Crippen molar-refractivity contribution in [3.63, 3.8) is 0 Å². The van der Waals surface area contributed by atoms with Crippen molar-refractivity contribution in [2.45, 2.75) is 18.7 Å². The highest BCUT2D eigenvalue weighted by molar-refractivity contribution is 9.10. The third-order valence-corrected chi connectivity index (χ3v) is 6.27. The molecular formula is C20H19BrF3N5O4. The Kier molecular flexibility index (Phi) is 5.24. The fraction of sp³-hybridized carbons (Fsp3) is 0.350. The summed E-state index contributed by atoms with van der Waals surface area (Å²) >= 11 is 2.76. The van der Waals surface area contributed by atoms with Gasteiger partial charge < -0.3 is 15.3 Å². The number of aliphatic hydroxyl groups is 1. The molecule has 0 unspecified atom stereocenters. The van der Waals surface area contributed by atoms with E-state index in [0.717, 1.165) is 6.07 Å². The minimum atomic E-state index is -4.73. The Balaban J connectivity index is 1.89. The predicted octanol–water partition coefficient (Wildman–Crippen LogP) is 3.88. The first-order valence-corrected chi connectivity index (χ1v) is 10.5. The molecule has 176 valence electrons. The van der Waals surface area contributed by atoms with Gasteiger partial charge in [-0.25, -0.2) is 4.79 Å². The summed E-state index contributed by atoms with van der Waals surface area (Å²) in [5, 5.41) is 24.4. The van der Waals surface area contributed by atoms with Crippen molar-refractivity contribution in [1.29, 1.82) is 0 Å². The number of nitrogens with one attached hydrogen (secondary N) is 1. The van der Waals surface area contributed by atoms with Crippen LogP contribution in [0, 0.1) is 10.1 Å². The minimum Gasteiger partial charge on any atom is -0.386 e. The van der Waals surface area contributed by atoms with E-state index >= 15 is 0 Å². The molecule has 2 heterocycles. The van der Waals surface area contributed by atoms with Gasteiger partial charge in [-0.15, -0.1) is 0 Å². The zero-order chi connectivity index (χ0) is 24.5. The van der Waals surface area contributed by atoms with E-state index in [1.54, 1.807) is 27.1 Å². The number of nitro groups is 1. The van der Waals surface area contributed by atoms with E-state index in [2.05, 4.69) is 21.2 Å². The van der Waals surface area contributed by atoms with Gasteiger partial charge in [-0.3, -0.25) is 19.2 Å². The highest BCUT2D eigenvalue weighted by atomic mass is 79.9. The zero-order valence-electron chi connectivity index (χ0n) is 17.7. The highest BCUT2D eigenvalue weighted by Crippen LogP contribution is 2.42. The number of benzene rings is 2. The quantitative estimate of drug-likeness (QED) is 0.392. The fourth-order valence-corrected chi connectivity index (χ4v) is 4.63. The van der Waals surface area contributed by atoms with E-state index in [4.69, 9.17) is 0 Å². The van der Waals surface area contributed by atoms with Crippen LogP contribution < -0.4 is 15.9 Å². The molecule has 1 aromatic heterocycles. The normalized spacial score (nSPS) is 15.6. The van der Waals surface area contributed by atoms with Gasteiger partial charge in [-0.1, -0.05) is 0 Å². The number of nitrogens with zero attached hydrogens (tertiary/aromatic N) is 4. The molecule has 0 amide bonds. The molecule has 4 rings (SSSR count). The summed E-state index contributed by atoms with van der Waals surface area (Å²) in [5.41, 5.74) is -1.33. The number of aromatic nitrogens is 2. The van der Waals surface area contributed by atoms with Gasteiger partial charge in [0.2, 0.25) is 0 Å². The Morgan fingerprint density at radius 2 is 1.82 bits per heavy atom. The van der Waals surface area contributed by atoms with E-state index in [0.29, 0.717) is 22.8 Å². The number of anilines is 3. The lowest BCUT2D eigenvalue weighted by Gasteiger charge is -2.46. The molecule has 2 N–H and O–H groups in total.